The van der Waals surface area contributed by atoms with Crippen LogP contribution in [0.2, 0.25) is 0 Å². The second-order valence-electron chi connectivity index (χ2n) is 6.98. The molecule has 0 aliphatic carbocycles. The maximum atomic E-state index is 12.5. The Morgan fingerprint density at radius 2 is 1.61 bits per heavy atom. The smallest absolute Gasteiger partial charge is 0.221 e. The highest BCUT2D eigenvalue weighted by Crippen LogP contribution is 2.13. The Hall–Kier alpha value is -2.22. The molecule has 0 saturated carbocycles. The zero-order valence-electron chi connectivity index (χ0n) is 15.8. The van der Waals surface area contributed by atoms with Crippen LogP contribution >= 0.6 is 0 Å². The number of morpholine rings is 1. The van der Waals surface area contributed by atoms with Gasteiger partial charge >= 0.3 is 0 Å². The molecule has 0 unspecified atom stereocenters. The van der Waals surface area contributed by atoms with Crippen LogP contribution in [0.5, 0.6) is 0 Å². The Kier molecular flexibility index (Phi) is 7.19. The second kappa shape index (κ2) is 9.82. The number of ether oxygens (including phenoxy) is 1. The van der Waals surface area contributed by atoms with Gasteiger partial charge in [0, 0.05) is 6.42 Å². The molecule has 0 bridgehead atoms. The zero-order chi connectivity index (χ0) is 19.8. The van der Waals surface area contributed by atoms with Crippen molar-refractivity contribution in [3.05, 3.63) is 66.2 Å². The van der Waals surface area contributed by atoms with Crippen molar-refractivity contribution in [2.75, 3.05) is 38.6 Å². The van der Waals surface area contributed by atoms with Crippen molar-refractivity contribution in [3.63, 3.8) is 0 Å². The maximum Gasteiger partial charge on any atom is 0.221 e. The van der Waals surface area contributed by atoms with Crippen LogP contribution in [0.4, 0.5) is 0 Å². The highest BCUT2D eigenvalue weighted by molar-refractivity contribution is 7.91. The predicted octanol–water partition coefficient (Wildman–Crippen LogP) is 0.623. The van der Waals surface area contributed by atoms with Gasteiger partial charge in [-0.05, 0) is 17.7 Å². The normalized spacial score (nSPS) is 16.4. The summed E-state index contributed by atoms with van der Waals surface area (Å²) < 4.78 is 30.2. The lowest BCUT2D eigenvalue weighted by Crippen LogP contribution is -3.14. The molecule has 6 nitrogen and oxygen atoms in total. The highest BCUT2D eigenvalue weighted by Gasteiger charge is 2.24. The number of hydrogen-bond acceptors (Lipinski definition) is 4. The van der Waals surface area contributed by atoms with Crippen LogP contribution in [0.25, 0.3) is 0 Å². The van der Waals surface area contributed by atoms with E-state index in [1.165, 1.54) is 4.90 Å². The van der Waals surface area contributed by atoms with Crippen molar-refractivity contribution in [1.82, 2.24) is 5.32 Å². The van der Waals surface area contributed by atoms with Gasteiger partial charge in [-0.2, -0.15) is 0 Å². The van der Waals surface area contributed by atoms with Crippen molar-refractivity contribution >= 4 is 15.7 Å². The first kappa shape index (κ1) is 20.5. The summed E-state index contributed by atoms with van der Waals surface area (Å²) in [6.07, 6.45) is -0.0565. The molecule has 2 N–H and O–H groups in total. The number of benzene rings is 2. The largest absolute Gasteiger partial charge is 0.370 e. The minimum Gasteiger partial charge on any atom is -0.370 e. The van der Waals surface area contributed by atoms with Crippen LogP contribution in [-0.2, 0) is 19.4 Å². The van der Waals surface area contributed by atoms with E-state index in [1.54, 1.807) is 30.3 Å². The lowest BCUT2D eigenvalue weighted by molar-refractivity contribution is -0.909. The average molecular weight is 404 g/mol. The summed E-state index contributed by atoms with van der Waals surface area (Å²) in [5.41, 5.74) is 1.03. The van der Waals surface area contributed by atoms with E-state index in [-0.39, 0.29) is 29.0 Å². The van der Waals surface area contributed by atoms with E-state index in [4.69, 9.17) is 4.74 Å². The van der Waals surface area contributed by atoms with Crippen molar-refractivity contribution in [1.29, 1.82) is 0 Å². The predicted molar refractivity (Wildman–Crippen MR) is 107 cm³/mol. The van der Waals surface area contributed by atoms with E-state index >= 15 is 0 Å². The van der Waals surface area contributed by atoms with E-state index in [0.717, 1.165) is 38.4 Å². The van der Waals surface area contributed by atoms with Gasteiger partial charge in [-0.25, -0.2) is 8.42 Å². The fourth-order valence-electron chi connectivity index (χ4n) is 3.33. The Balaban J connectivity index is 1.62. The van der Waals surface area contributed by atoms with Crippen molar-refractivity contribution in [2.24, 2.45) is 0 Å². The SMILES string of the molecule is O=C(CCS(=O)(=O)c1ccccc1)N[C@H](C[NH+]1CCOCC1)c1ccccc1. The lowest BCUT2D eigenvalue weighted by Gasteiger charge is -2.28. The topological polar surface area (TPSA) is 76.9 Å². The summed E-state index contributed by atoms with van der Waals surface area (Å²) in [7, 11) is -3.47. The molecule has 3 rings (SSSR count). The Labute approximate surface area is 166 Å². The van der Waals surface area contributed by atoms with Crippen LogP contribution in [0.3, 0.4) is 0 Å². The van der Waals surface area contributed by atoms with Gasteiger partial charge in [-0.15, -0.1) is 0 Å². The molecule has 1 heterocycles. The van der Waals surface area contributed by atoms with Crippen LogP contribution in [0, 0.1) is 0 Å². The van der Waals surface area contributed by atoms with Gasteiger partial charge in [0.1, 0.15) is 25.7 Å². The van der Waals surface area contributed by atoms with E-state index in [2.05, 4.69) is 5.32 Å². The van der Waals surface area contributed by atoms with Crippen LogP contribution < -0.4 is 10.2 Å². The number of rotatable bonds is 8. The number of carbonyl (C=O) groups is 1. The number of quaternary nitrogens is 1. The fourth-order valence-corrected chi connectivity index (χ4v) is 4.59. The van der Waals surface area contributed by atoms with Crippen molar-refractivity contribution in [2.45, 2.75) is 17.4 Å². The summed E-state index contributed by atoms with van der Waals surface area (Å²) in [4.78, 5) is 14.2. The maximum absolute atomic E-state index is 12.5. The fraction of sp³-hybridized carbons (Fsp3) is 0.381. The third kappa shape index (κ3) is 5.89. The third-order valence-corrected chi connectivity index (χ3v) is 6.66. The number of sulfone groups is 1. The Morgan fingerprint density at radius 3 is 2.25 bits per heavy atom. The molecule has 2 aromatic rings. The minimum absolute atomic E-state index is 0.0565. The van der Waals surface area contributed by atoms with Crippen LogP contribution in [0.15, 0.2) is 65.6 Å². The molecular weight excluding hydrogens is 376 g/mol. The van der Waals surface area contributed by atoms with Crippen LogP contribution in [0.1, 0.15) is 18.0 Å². The Bertz CT molecular complexity index is 850. The Morgan fingerprint density at radius 1 is 1.00 bits per heavy atom. The molecule has 2 aromatic carbocycles. The summed E-state index contributed by atoms with van der Waals surface area (Å²) in [6.45, 7) is 4.01. The molecular formula is C21H27N2O4S+. The van der Waals surface area contributed by atoms with Gasteiger partial charge in [-0.3, -0.25) is 4.79 Å². The van der Waals surface area contributed by atoms with E-state index < -0.39 is 9.84 Å². The molecule has 28 heavy (non-hydrogen) atoms. The van der Waals surface area contributed by atoms with Gasteiger partial charge in [-0.1, -0.05) is 48.5 Å². The van der Waals surface area contributed by atoms with E-state index in [1.807, 2.05) is 30.3 Å². The molecule has 0 spiro atoms. The summed E-state index contributed by atoms with van der Waals surface area (Å²) >= 11 is 0. The quantitative estimate of drug-likeness (QED) is 0.678. The molecule has 1 fully saturated rings. The molecule has 1 aliphatic rings. The molecule has 150 valence electrons. The molecule has 7 heteroatoms. The first-order valence-corrected chi connectivity index (χ1v) is 11.2. The van der Waals surface area contributed by atoms with Gasteiger partial charge in [0.2, 0.25) is 5.91 Å². The molecule has 1 saturated heterocycles. The lowest BCUT2D eigenvalue weighted by atomic mass is 10.1. The molecule has 1 aliphatic heterocycles. The van der Waals surface area contributed by atoms with Gasteiger partial charge < -0.3 is 15.0 Å². The van der Waals surface area contributed by atoms with Crippen LogP contribution in [-0.4, -0.2) is 52.9 Å². The van der Waals surface area contributed by atoms with Gasteiger partial charge in [0.15, 0.2) is 9.84 Å². The average Bonchev–Trinajstić information content (AvgIpc) is 2.74. The third-order valence-electron chi connectivity index (χ3n) is 4.93. The van der Waals surface area contributed by atoms with E-state index in [9.17, 15) is 13.2 Å². The number of amides is 1. The first-order chi connectivity index (χ1) is 13.5. The summed E-state index contributed by atoms with van der Waals surface area (Å²) in [5, 5.41) is 3.04. The minimum atomic E-state index is -3.47. The molecule has 0 aromatic heterocycles. The standard InChI is InChI=1S/C21H26N2O4S/c24-21(11-16-28(25,26)19-9-5-2-6-10-19)22-20(18-7-3-1-4-8-18)17-23-12-14-27-15-13-23/h1-10,20H,11-17H2,(H,22,24)/p+1/t20-/m1/s1. The summed E-state index contributed by atoms with van der Waals surface area (Å²) in [6, 6.07) is 17.9. The molecule has 1 amide bonds. The van der Waals surface area contributed by atoms with Crippen molar-refractivity contribution in [3.8, 4) is 0 Å². The first-order valence-electron chi connectivity index (χ1n) is 9.58. The molecule has 1 atom stereocenters. The summed E-state index contributed by atoms with van der Waals surface area (Å²) in [5.74, 6) is -0.449. The monoisotopic (exact) mass is 403 g/mol. The van der Waals surface area contributed by atoms with Gasteiger partial charge in [0.05, 0.1) is 23.9 Å². The molecule has 0 radical (unpaired) electrons. The van der Waals surface area contributed by atoms with E-state index in [0.29, 0.717) is 0 Å². The number of carbonyl (C=O) groups excluding carboxylic acids is 1. The van der Waals surface area contributed by atoms with Crippen molar-refractivity contribution < 1.29 is 22.8 Å². The highest BCUT2D eigenvalue weighted by atomic mass is 32.2. The number of nitrogens with one attached hydrogen (secondary N) is 2. The number of hydrogen-bond donors (Lipinski definition) is 2. The van der Waals surface area contributed by atoms with Gasteiger partial charge in [0.25, 0.3) is 0 Å². The second-order valence-corrected chi connectivity index (χ2v) is 9.09. The zero-order valence-corrected chi connectivity index (χ0v) is 16.7.